The van der Waals surface area contributed by atoms with Crippen molar-refractivity contribution in [2.75, 3.05) is 32.8 Å². The second-order valence-corrected chi connectivity index (χ2v) is 8.36. The van der Waals surface area contributed by atoms with Gasteiger partial charge in [-0.15, -0.1) is 0 Å². The van der Waals surface area contributed by atoms with Gasteiger partial charge in [0.25, 0.3) is 5.91 Å². The summed E-state index contributed by atoms with van der Waals surface area (Å²) in [7, 11) is -3.77. The Hall–Kier alpha value is -2.78. The number of ether oxygens (including phenoxy) is 1. The van der Waals surface area contributed by atoms with Gasteiger partial charge < -0.3 is 9.64 Å². The van der Waals surface area contributed by atoms with Crippen LogP contribution in [0.3, 0.4) is 0 Å². The first-order valence-electron chi connectivity index (χ1n) is 9.15. The summed E-state index contributed by atoms with van der Waals surface area (Å²) in [4.78, 5) is 25.7. The van der Waals surface area contributed by atoms with Gasteiger partial charge in [-0.25, -0.2) is 17.6 Å². The van der Waals surface area contributed by atoms with E-state index in [2.05, 4.69) is 0 Å². The molecule has 1 saturated heterocycles. The molecule has 0 N–H and O–H groups in total. The Morgan fingerprint density at radius 3 is 2.21 bits per heavy atom. The predicted octanol–water partition coefficient (Wildman–Crippen LogP) is 2.15. The molecule has 0 aromatic heterocycles. The molecule has 1 heterocycles. The lowest BCUT2D eigenvalue weighted by Crippen LogP contribution is -2.50. The molecule has 154 valence electrons. The maximum Gasteiger partial charge on any atom is 0.338 e. The van der Waals surface area contributed by atoms with Gasteiger partial charge >= 0.3 is 5.97 Å². The molecular formula is C20H21FN2O5S. The molecule has 7 nitrogen and oxygen atoms in total. The fourth-order valence-electron chi connectivity index (χ4n) is 3.06. The van der Waals surface area contributed by atoms with Crippen molar-refractivity contribution in [2.24, 2.45) is 0 Å². The minimum absolute atomic E-state index is 0.0293. The zero-order chi connectivity index (χ0) is 21.0. The SMILES string of the molecule is CCOC(=O)c1ccc(S(=O)(=O)N2CCN(C(=O)c3ccccc3F)CC2)cc1. The highest BCUT2D eigenvalue weighted by molar-refractivity contribution is 7.89. The Morgan fingerprint density at radius 2 is 1.62 bits per heavy atom. The van der Waals surface area contributed by atoms with Gasteiger partial charge in [-0.2, -0.15) is 4.31 Å². The molecule has 0 atom stereocenters. The third kappa shape index (κ3) is 4.46. The van der Waals surface area contributed by atoms with E-state index >= 15 is 0 Å². The molecule has 2 aromatic rings. The minimum atomic E-state index is -3.77. The first-order chi connectivity index (χ1) is 13.8. The van der Waals surface area contributed by atoms with Crippen LogP contribution in [-0.4, -0.2) is 62.3 Å². The van der Waals surface area contributed by atoms with Gasteiger partial charge in [0.2, 0.25) is 10.0 Å². The Kier molecular flexibility index (Phi) is 6.29. The average Bonchev–Trinajstić information content (AvgIpc) is 2.74. The fraction of sp³-hybridized carbons (Fsp3) is 0.300. The summed E-state index contributed by atoms with van der Waals surface area (Å²) in [5.74, 6) is -1.58. The molecule has 1 fully saturated rings. The fourth-order valence-corrected chi connectivity index (χ4v) is 4.49. The smallest absolute Gasteiger partial charge is 0.338 e. The van der Waals surface area contributed by atoms with Crippen LogP contribution in [0.1, 0.15) is 27.6 Å². The van der Waals surface area contributed by atoms with Crippen molar-refractivity contribution in [2.45, 2.75) is 11.8 Å². The van der Waals surface area contributed by atoms with Crippen molar-refractivity contribution in [3.05, 3.63) is 65.5 Å². The molecule has 1 aliphatic rings. The molecule has 0 unspecified atom stereocenters. The molecule has 29 heavy (non-hydrogen) atoms. The Labute approximate surface area is 168 Å². The third-order valence-corrected chi connectivity index (χ3v) is 6.55. The van der Waals surface area contributed by atoms with Crippen molar-refractivity contribution >= 4 is 21.9 Å². The van der Waals surface area contributed by atoms with Gasteiger partial charge in [0.05, 0.1) is 22.6 Å². The average molecular weight is 420 g/mol. The minimum Gasteiger partial charge on any atom is -0.462 e. The number of hydrogen-bond donors (Lipinski definition) is 0. The monoisotopic (exact) mass is 420 g/mol. The summed E-state index contributed by atoms with van der Waals surface area (Å²) in [5.41, 5.74) is 0.240. The van der Waals surface area contributed by atoms with E-state index in [1.807, 2.05) is 0 Å². The van der Waals surface area contributed by atoms with Gasteiger partial charge in [0, 0.05) is 26.2 Å². The van der Waals surface area contributed by atoms with Crippen molar-refractivity contribution in [1.29, 1.82) is 0 Å². The highest BCUT2D eigenvalue weighted by Gasteiger charge is 2.31. The number of piperazine rings is 1. The lowest BCUT2D eigenvalue weighted by atomic mass is 10.1. The second-order valence-electron chi connectivity index (χ2n) is 6.42. The van der Waals surface area contributed by atoms with Gasteiger partial charge in [0.15, 0.2) is 0 Å². The maximum atomic E-state index is 13.8. The molecule has 0 aliphatic carbocycles. The third-order valence-electron chi connectivity index (χ3n) is 4.63. The van der Waals surface area contributed by atoms with Crippen molar-refractivity contribution in [3.8, 4) is 0 Å². The van der Waals surface area contributed by atoms with Crippen molar-refractivity contribution < 1.29 is 27.1 Å². The standard InChI is InChI=1S/C20H21FN2O5S/c1-2-28-20(25)15-7-9-16(10-8-15)29(26,27)23-13-11-22(12-14-23)19(24)17-5-3-4-6-18(17)21/h3-10H,2,11-14H2,1H3. The topological polar surface area (TPSA) is 84.0 Å². The first kappa shape index (κ1) is 20.9. The number of nitrogens with zero attached hydrogens (tertiary/aromatic N) is 2. The van der Waals surface area contributed by atoms with Gasteiger partial charge in [0.1, 0.15) is 5.82 Å². The largest absolute Gasteiger partial charge is 0.462 e. The molecule has 3 rings (SSSR count). The highest BCUT2D eigenvalue weighted by atomic mass is 32.2. The summed E-state index contributed by atoms with van der Waals surface area (Å²) in [6.45, 7) is 2.44. The number of carbonyl (C=O) groups excluding carboxylic acids is 2. The lowest BCUT2D eigenvalue weighted by Gasteiger charge is -2.34. The van der Waals surface area contributed by atoms with Crippen LogP contribution in [0.25, 0.3) is 0 Å². The normalized spacial score (nSPS) is 15.2. The quantitative estimate of drug-likeness (QED) is 0.692. The van der Waals surface area contributed by atoms with Crippen LogP contribution >= 0.6 is 0 Å². The number of halogens is 1. The molecule has 2 aromatic carbocycles. The molecule has 0 saturated carbocycles. The van der Waals surface area contributed by atoms with Crippen LogP contribution < -0.4 is 0 Å². The molecule has 1 amide bonds. The van der Waals surface area contributed by atoms with Crippen molar-refractivity contribution in [3.63, 3.8) is 0 Å². The van der Waals surface area contributed by atoms with Gasteiger partial charge in [-0.05, 0) is 43.3 Å². The molecule has 0 bridgehead atoms. The summed E-state index contributed by atoms with van der Waals surface area (Å²) in [6, 6.07) is 11.2. The number of amides is 1. The Bertz CT molecular complexity index is 1000. The van der Waals surface area contributed by atoms with Crippen molar-refractivity contribution in [1.82, 2.24) is 9.21 Å². The Balaban J connectivity index is 1.67. The number of carbonyl (C=O) groups is 2. The maximum absolute atomic E-state index is 13.8. The molecule has 1 aliphatic heterocycles. The van der Waals surface area contributed by atoms with Crippen LogP contribution in [0.4, 0.5) is 4.39 Å². The van der Waals surface area contributed by atoms with E-state index in [4.69, 9.17) is 4.74 Å². The molecular weight excluding hydrogens is 399 g/mol. The number of rotatable bonds is 5. The second kappa shape index (κ2) is 8.71. The number of hydrogen-bond acceptors (Lipinski definition) is 5. The predicted molar refractivity (Wildman–Crippen MR) is 103 cm³/mol. The van der Waals surface area contributed by atoms with Crippen LogP contribution in [0.5, 0.6) is 0 Å². The van der Waals surface area contributed by atoms with Crippen LogP contribution in [0, 0.1) is 5.82 Å². The van der Waals surface area contributed by atoms with E-state index in [0.29, 0.717) is 0 Å². The van der Waals surface area contributed by atoms with Gasteiger partial charge in [-0.3, -0.25) is 4.79 Å². The summed E-state index contributed by atoms with van der Waals surface area (Å²) in [6.07, 6.45) is 0. The van der Waals surface area contributed by atoms with Crippen LogP contribution in [0.2, 0.25) is 0 Å². The highest BCUT2D eigenvalue weighted by Crippen LogP contribution is 2.20. The zero-order valence-electron chi connectivity index (χ0n) is 15.9. The summed E-state index contributed by atoms with van der Waals surface area (Å²) in [5, 5.41) is 0. The van der Waals surface area contributed by atoms with E-state index in [9.17, 15) is 22.4 Å². The summed E-state index contributed by atoms with van der Waals surface area (Å²) >= 11 is 0. The van der Waals surface area contributed by atoms with Gasteiger partial charge in [-0.1, -0.05) is 12.1 Å². The van der Waals surface area contributed by atoms with Crippen LogP contribution in [0.15, 0.2) is 53.4 Å². The number of benzene rings is 2. The number of esters is 1. The molecule has 0 spiro atoms. The molecule has 9 heteroatoms. The lowest BCUT2D eigenvalue weighted by molar-refractivity contribution is 0.0526. The Morgan fingerprint density at radius 1 is 1.00 bits per heavy atom. The van der Waals surface area contributed by atoms with Crippen LogP contribution in [-0.2, 0) is 14.8 Å². The van der Waals surface area contributed by atoms with E-state index in [1.54, 1.807) is 13.0 Å². The molecule has 0 radical (unpaired) electrons. The van der Waals surface area contributed by atoms with E-state index in [-0.39, 0.29) is 48.8 Å². The number of sulfonamides is 1. The zero-order valence-corrected chi connectivity index (χ0v) is 16.7. The van der Waals surface area contributed by atoms with E-state index < -0.39 is 27.7 Å². The van der Waals surface area contributed by atoms with E-state index in [1.165, 1.54) is 51.7 Å². The summed E-state index contributed by atoms with van der Waals surface area (Å²) < 4.78 is 45.7. The first-order valence-corrected chi connectivity index (χ1v) is 10.6. The van der Waals surface area contributed by atoms with E-state index in [0.717, 1.165) is 0 Å².